The fourth-order valence-electron chi connectivity index (χ4n) is 2.25. The summed E-state index contributed by atoms with van der Waals surface area (Å²) in [6, 6.07) is 0. The summed E-state index contributed by atoms with van der Waals surface area (Å²) in [5.41, 5.74) is 0. The number of aliphatic carboxylic acids is 1. The van der Waals surface area contributed by atoms with E-state index in [-0.39, 0.29) is 12.3 Å². The van der Waals surface area contributed by atoms with Crippen LogP contribution in [0, 0.1) is 5.92 Å². The molecule has 1 amide bonds. The first-order valence-corrected chi connectivity index (χ1v) is 6.44. The molecule has 102 valence electrons. The zero-order valence-electron chi connectivity index (χ0n) is 10.7. The summed E-state index contributed by atoms with van der Waals surface area (Å²) in [7, 11) is 0. The minimum atomic E-state index is -0.758. The lowest BCUT2D eigenvalue weighted by Gasteiger charge is -2.32. The first-order chi connectivity index (χ1) is 8.63. The number of carbonyl (C=O) groups excluding carboxylic acids is 1. The van der Waals surface area contributed by atoms with Gasteiger partial charge in [0.25, 0.3) is 0 Å². The Morgan fingerprint density at radius 3 is 2.94 bits per heavy atom. The highest BCUT2D eigenvalue weighted by Crippen LogP contribution is 2.20. The van der Waals surface area contributed by atoms with Crippen LogP contribution in [0.15, 0.2) is 12.7 Å². The van der Waals surface area contributed by atoms with E-state index in [1.807, 2.05) is 4.90 Å². The number of amides is 1. The van der Waals surface area contributed by atoms with Crippen molar-refractivity contribution in [1.82, 2.24) is 10.2 Å². The van der Waals surface area contributed by atoms with Gasteiger partial charge in [-0.25, -0.2) is 0 Å². The average molecular weight is 254 g/mol. The van der Waals surface area contributed by atoms with Crippen molar-refractivity contribution >= 4 is 11.9 Å². The van der Waals surface area contributed by atoms with Crippen LogP contribution in [0.4, 0.5) is 0 Å². The van der Waals surface area contributed by atoms with Gasteiger partial charge < -0.3 is 15.3 Å². The Morgan fingerprint density at radius 1 is 1.50 bits per heavy atom. The fourth-order valence-corrected chi connectivity index (χ4v) is 2.25. The van der Waals surface area contributed by atoms with Crippen LogP contribution in [0.2, 0.25) is 0 Å². The predicted octanol–water partition coefficient (Wildman–Crippen LogP) is 0.865. The normalized spacial score (nSPS) is 19.6. The number of likely N-dealkylation sites (tertiary alicyclic amines) is 1. The minimum Gasteiger partial charge on any atom is -0.481 e. The van der Waals surface area contributed by atoms with Gasteiger partial charge in [-0.2, -0.15) is 0 Å². The molecule has 2 N–H and O–H groups in total. The van der Waals surface area contributed by atoms with Gasteiger partial charge in [0.1, 0.15) is 0 Å². The molecule has 0 aromatic carbocycles. The predicted molar refractivity (Wildman–Crippen MR) is 69.2 cm³/mol. The van der Waals surface area contributed by atoms with Crippen molar-refractivity contribution in [2.75, 3.05) is 26.2 Å². The van der Waals surface area contributed by atoms with Gasteiger partial charge in [0, 0.05) is 26.1 Å². The van der Waals surface area contributed by atoms with E-state index in [0.29, 0.717) is 32.0 Å². The van der Waals surface area contributed by atoms with Crippen LogP contribution in [0.25, 0.3) is 0 Å². The molecule has 0 aromatic heterocycles. The number of carboxylic acids is 1. The molecular weight excluding hydrogens is 232 g/mol. The number of nitrogens with zero attached hydrogens (tertiary/aromatic N) is 1. The Morgan fingerprint density at radius 2 is 2.28 bits per heavy atom. The molecule has 0 radical (unpaired) electrons. The molecule has 0 aliphatic carbocycles. The van der Waals surface area contributed by atoms with Gasteiger partial charge in [0.2, 0.25) is 5.91 Å². The second-order valence-electron chi connectivity index (χ2n) is 4.70. The van der Waals surface area contributed by atoms with Crippen molar-refractivity contribution in [2.24, 2.45) is 5.92 Å². The van der Waals surface area contributed by atoms with E-state index >= 15 is 0 Å². The van der Waals surface area contributed by atoms with Gasteiger partial charge in [-0.1, -0.05) is 6.08 Å². The molecule has 1 atom stereocenters. The lowest BCUT2D eigenvalue weighted by molar-refractivity contribution is -0.137. The largest absolute Gasteiger partial charge is 0.481 e. The molecule has 0 saturated carbocycles. The van der Waals surface area contributed by atoms with Gasteiger partial charge in [-0.15, -0.1) is 6.58 Å². The van der Waals surface area contributed by atoms with Crippen molar-refractivity contribution < 1.29 is 14.7 Å². The maximum atomic E-state index is 11.9. The zero-order chi connectivity index (χ0) is 13.4. The van der Waals surface area contributed by atoms with Crippen LogP contribution >= 0.6 is 0 Å². The summed E-state index contributed by atoms with van der Waals surface area (Å²) >= 11 is 0. The molecule has 1 rings (SSSR count). The Hall–Kier alpha value is -1.36. The molecule has 1 fully saturated rings. The SMILES string of the molecule is C=CCNCC(=O)N1CCCC(CCC(=O)O)C1. The van der Waals surface area contributed by atoms with Crippen molar-refractivity contribution in [1.29, 1.82) is 0 Å². The fraction of sp³-hybridized carbons (Fsp3) is 0.692. The smallest absolute Gasteiger partial charge is 0.303 e. The third-order valence-electron chi connectivity index (χ3n) is 3.20. The molecule has 0 aromatic rings. The lowest BCUT2D eigenvalue weighted by Crippen LogP contribution is -2.44. The second kappa shape index (κ2) is 7.87. The Labute approximate surface area is 108 Å². The van der Waals surface area contributed by atoms with Gasteiger partial charge >= 0.3 is 5.97 Å². The van der Waals surface area contributed by atoms with Gasteiger partial charge in [0.05, 0.1) is 6.54 Å². The van der Waals surface area contributed by atoms with Crippen molar-refractivity contribution in [3.63, 3.8) is 0 Å². The molecule has 1 aliphatic rings. The number of carbonyl (C=O) groups is 2. The molecule has 0 spiro atoms. The monoisotopic (exact) mass is 254 g/mol. The van der Waals surface area contributed by atoms with Gasteiger partial charge in [-0.3, -0.25) is 9.59 Å². The third-order valence-corrected chi connectivity index (χ3v) is 3.20. The number of rotatable bonds is 7. The number of hydrogen-bond acceptors (Lipinski definition) is 3. The van der Waals surface area contributed by atoms with E-state index < -0.39 is 5.97 Å². The molecule has 1 heterocycles. The van der Waals surface area contributed by atoms with Crippen LogP contribution < -0.4 is 5.32 Å². The summed E-state index contributed by atoms with van der Waals surface area (Å²) in [5, 5.41) is 11.7. The van der Waals surface area contributed by atoms with E-state index in [1.54, 1.807) is 6.08 Å². The first-order valence-electron chi connectivity index (χ1n) is 6.44. The molecular formula is C13H22N2O3. The number of piperidine rings is 1. The lowest BCUT2D eigenvalue weighted by atomic mass is 9.93. The summed E-state index contributed by atoms with van der Waals surface area (Å²) in [6.45, 7) is 6.02. The van der Waals surface area contributed by atoms with E-state index in [4.69, 9.17) is 5.11 Å². The van der Waals surface area contributed by atoms with Crippen molar-refractivity contribution in [2.45, 2.75) is 25.7 Å². The topological polar surface area (TPSA) is 69.6 Å². The van der Waals surface area contributed by atoms with E-state index in [9.17, 15) is 9.59 Å². The summed E-state index contributed by atoms with van der Waals surface area (Å²) in [5.74, 6) is -0.332. The average Bonchev–Trinajstić information content (AvgIpc) is 2.37. The zero-order valence-corrected chi connectivity index (χ0v) is 10.7. The molecule has 1 saturated heterocycles. The third kappa shape index (κ3) is 5.31. The Kier molecular flexibility index (Phi) is 6.43. The van der Waals surface area contributed by atoms with E-state index in [2.05, 4.69) is 11.9 Å². The number of carboxylic acid groups (broad SMARTS) is 1. The van der Waals surface area contributed by atoms with E-state index in [0.717, 1.165) is 19.4 Å². The van der Waals surface area contributed by atoms with Gasteiger partial charge in [0.15, 0.2) is 0 Å². The highest BCUT2D eigenvalue weighted by Gasteiger charge is 2.23. The molecule has 5 nitrogen and oxygen atoms in total. The molecule has 18 heavy (non-hydrogen) atoms. The van der Waals surface area contributed by atoms with Crippen molar-refractivity contribution in [3.8, 4) is 0 Å². The highest BCUT2D eigenvalue weighted by atomic mass is 16.4. The highest BCUT2D eigenvalue weighted by molar-refractivity contribution is 5.78. The van der Waals surface area contributed by atoms with Crippen LogP contribution in [-0.2, 0) is 9.59 Å². The van der Waals surface area contributed by atoms with Crippen LogP contribution in [-0.4, -0.2) is 48.1 Å². The maximum absolute atomic E-state index is 11.9. The second-order valence-corrected chi connectivity index (χ2v) is 4.70. The Bertz CT molecular complexity index is 305. The number of nitrogens with one attached hydrogen (secondary N) is 1. The van der Waals surface area contributed by atoms with Gasteiger partial charge in [-0.05, 0) is 25.2 Å². The molecule has 1 unspecified atom stereocenters. The molecule has 5 heteroatoms. The Balaban J connectivity index is 2.30. The van der Waals surface area contributed by atoms with Crippen LogP contribution in [0.3, 0.4) is 0 Å². The quantitative estimate of drug-likeness (QED) is 0.522. The molecule has 0 bridgehead atoms. The summed E-state index contributed by atoms with van der Waals surface area (Å²) in [6.07, 6.45) is 4.58. The van der Waals surface area contributed by atoms with Crippen molar-refractivity contribution in [3.05, 3.63) is 12.7 Å². The maximum Gasteiger partial charge on any atom is 0.303 e. The van der Waals surface area contributed by atoms with E-state index in [1.165, 1.54) is 0 Å². The van der Waals surface area contributed by atoms with Crippen LogP contribution in [0.5, 0.6) is 0 Å². The minimum absolute atomic E-state index is 0.0943. The number of hydrogen-bond donors (Lipinski definition) is 2. The van der Waals surface area contributed by atoms with Crippen LogP contribution in [0.1, 0.15) is 25.7 Å². The molecule has 1 aliphatic heterocycles. The summed E-state index contributed by atoms with van der Waals surface area (Å²) < 4.78 is 0. The summed E-state index contributed by atoms with van der Waals surface area (Å²) in [4.78, 5) is 24.2. The standard InChI is InChI=1S/C13H22N2O3/c1-2-7-14-9-12(16)15-8-3-4-11(10-15)5-6-13(17)18/h2,11,14H,1,3-10H2,(H,17,18). The first kappa shape index (κ1) is 14.7.